The molecule has 0 aliphatic heterocycles. The standard InChI is InChI=1S/C22H21N3O8S2/c1-29-15-6-12(7-16(30-2)18(15)31-3)20(28)33-17-9-32-13(8-14(17)26)10-34-22-25-24-21(35-22)23-19(27)11-4-5-11/h6-9,11H,4-5,10H2,1-3H3,(H,23,24,27). The van der Waals surface area contributed by atoms with Gasteiger partial charge in [0.1, 0.15) is 12.0 Å². The first-order chi connectivity index (χ1) is 16.9. The van der Waals surface area contributed by atoms with E-state index in [0.717, 1.165) is 19.1 Å². The summed E-state index contributed by atoms with van der Waals surface area (Å²) in [6.07, 6.45) is 2.88. The number of carbonyl (C=O) groups excluding carboxylic acids is 2. The molecule has 1 N–H and O–H groups in total. The summed E-state index contributed by atoms with van der Waals surface area (Å²) in [4.78, 5) is 36.9. The zero-order chi connectivity index (χ0) is 24.9. The molecule has 2 heterocycles. The maximum atomic E-state index is 12.6. The summed E-state index contributed by atoms with van der Waals surface area (Å²) in [5, 5.41) is 11.1. The molecule has 1 fully saturated rings. The lowest BCUT2D eigenvalue weighted by Crippen LogP contribution is -2.15. The Morgan fingerprint density at radius 1 is 1.09 bits per heavy atom. The molecule has 4 rings (SSSR count). The first-order valence-electron chi connectivity index (χ1n) is 10.3. The van der Waals surface area contributed by atoms with Crippen molar-refractivity contribution in [2.24, 2.45) is 5.92 Å². The summed E-state index contributed by atoms with van der Waals surface area (Å²) in [6.45, 7) is 0. The Kier molecular flexibility index (Phi) is 7.56. The Morgan fingerprint density at radius 2 is 1.80 bits per heavy atom. The minimum Gasteiger partial charge on any atom is -0.493 e. The molecule has 0 radical (unpaired) electrons. The van der Waals surface area contributed by atoms with E-state index in [1.807, 2.05) is 0 Å². The lowest BCUT2D eigenvalue weighted by Gasteiger charge is -2.13. The third kappa shape index (κ3) is 5.92. The SMILES string of the molecule is COc1cc(C(=O)Oc2coc(CSc3nnc(NC(=O)C4CC4)s3)cc2=O)cc(OC)c1OC. The van der Waals surface area contributed by atoms with Crippen LogP contribution in [0.15, 0.2) is 38.0 Å². The maximum Gasteiger partial charge on any atom is 0.344 e. The molecular weight excluding hydrogens is 498 g/mol. The fraction of sp³-hybridized carbons (Fsp3) is 0.318. The van der Waals surface area contributed by atoms with Gasteiger partial charge in [0.2, 0.25) is 28.0 Å². The molecular formula is C22H21N3O8S2. The zero-order valence-electron chi connectivity index (χ0n) is 19.0. The summed E-state index contributed by atoms with van der Waals surface area (Å²) in [7, 11) is 4.29. The van der Waals surface area contributed by atoms with Gasteiger partial charge in [0.15, 0.2) is 15.8 Å². The van der Waals surface area contributed by atoms with Crippen LogP contribution in [0.25, 0.3) is 0 Å². The van der Waals surface area contributed by atoms with Crippen LogP contribution < -0.4 is 29.7 Å². The van der Waals surface area contributed by atoms with E-state index in [-0.39, 0.29) is 34.6 Å². The van der Waals surface area contributed by atoms with Gasteiger partial charge in [-0.2, -0.15) is 0 Å². The van der Waals surface area contributed by atoms with E-state index in [1.54, 1.807) is 0 Å². The fourth-order valence-corrected chi connectivity index (χ4v) is 4.60. The Hall–Kier alpha value is -3.58. The number of nitrogens with one attached hydrogen (secondary N) is 1. The van der Waals surface area contributed by atoms with E-state index in [0.29, 0.717) is 26.7 Å². The number of ether oxygens (including phenoxy) is 4. The smallest absolute Gasteiger partial charge is 0.344 e. The number of anilines is 1. The van der Waals surface area contributed by atoms with Crippen LogP contribution in [-0.2, 0) is 10.5 Å². The molecule has 3 aromatic rings. The van der Waals surface area contributed by atoms with Crippen molar-refractivity contribution in [3.8, 4) is 23.0 Å². The second kappa shape index (κ2) is 10.8. The van der Waals surface area contributed by atoms with Gasteiger partial charge in [0.25, 0.3) is 0 Å². The Morgan fingerprint density at radius 3 is 2.40 bits per heavy atom. The van der Waals surface area contributed by atoms with Crippen molar-refractivity contribution in [2.75, 3.05) is 26.6 Å². The van der Waals surface area contributed by atoms with Gasteiger partial charge in [-0.15, -0.1) is 10.2 Å². The molecule has 0 atom stereocenters. The summed E-state index contributed by atoms with van der Waals surface area (Å²) in [5.74, 6) is 0.474. The molecule has 1 saturated carbocycles. The number of nitrogens with zero attached hydrogens (tertiary/aromatic N) is 2. The van der Waals surface area contributed by atoms with E-state index in [4.69, 9.17) is 23.4 Å². The minimum absolute atomic E-state index is 0.0413. The fourth-order valence-electron chi connectivity index (χ4n) is 2.95. The molecule has 1 aliphatic carbocycles. The van der Waals surface area contributed by atoms with Gasteiger partial charge in [-0.25, -0.2) is 4.79 Å². The van der Waals surface area contributed by atoms with Crippen LogP contribution in [0.2, 0.25) is 0 Å². The van der Waals surface area contributed by atoms with Crippen molar-refractivity contribution in [1.82, 2.24) is 10.2 Å². The second-order valence-electron chi connectivity index (χ2n) is 7.30. The summed E-state index contributed by atoms with van der Waals surface area (Å²) >= 11 is 2.53. The molecule has 184 valence electrons. The van der Waals surface area contributed by atoms with Gasteiger partial charge < -0.3 is 28.7 Å². The van der Waals surface area contributed by atoms with E-state index in [1.165, 1.54) is 62.6 Å². The highest BCUT2D eigenvalue weighted by Gasteiger charge is 2.30. The predicted octanol–water partition coefficient (Wildman–Crippen LogP) is 3.38. The molecule has 0 bridgehead atoms. The number of benzene rings is 1. The number of aromatic nitrogens is 2. The molecule has 0 unspecified atom stereocenters. The van der Waals surface area contributed by atoms with Crippen molar-refractivity contribution in [3.63, 3.8) is 0 Å². The number of amides is 1. The molecule has 35 heavy (non-hydrogen) atoms. The Labute approximate surface area is 207 Å². The van der Waals surface area contributed by atoms with Crippen LogP contribution in [0, 0.1) is 5.92 Å². The number of rotatable bonds is 10. The van der Waals surface area contributed by atoms with Crippen molar-refractivity contribution in [1.29, 1.82) is 0 Å². The number of hydrogen-bond acceptors (Lipinski definition) is 12. The largest absolute Gasteiger partial charge is 0.493 e. The molecule has 1 amide bonds. The van der Waals surface area contributed by atoms with Crippen LogP contribution in [0.3, 0.4) is 0 Å². The monoisotopic (exact) mass is 519 g/mol. The first-order valence-corrected chi connectivity index (χ1v) is 12.1. The van der Waals surface area contributed by atoms with Crippen LogP contribution in [0.5, 0.6) is 23.0 Å². The molecule has 13 heteroatoms. The summed E-state index contributed by atoms with van der Waals surface area (Å²) in [5.41, 5.74) is -0.429. The van der Waals surface area contributed by atoms with E-state index in [9.17, 15) is 14.4 Å². The average Bonchev–Trinajstić information content (AvgIpc) is 3.63. The highest BCUT2D eigenvalue weighted by Crippen LogP contribution is 2.38. The highest BCUT2D eigenvalue weighted by molar-refractivity contribution is 8.00. The molecule has 2 aromatic heterocycles. The Balaban J connectivity index is 1.38. The van der Waals surface area contributed by atoms with Gasteiger partial charge in [-0.05, 0) is 25.0 Å². The lowest BCUT2D eigenvalue weighted by molar-refractivity contribution is -0.117. The van der Waals surface area contributed by atoms with Crippen LogP contribution in [0.1, 0.15) is 29.0 Å². The second-order valence-corrected chi connectivity index (χ2v) is 9.50. The summed E-state index contributed by atoms with van der Waals surface area (Å²) in [6, 6.07) is 4.07. The molecule has 1 aromatic carbocycles. The Bertz CT molecular complexity index is 1280. The van der Waals surface area contributed by atoms with Crippen LogP contribution in [0.4, 0.5) is 5.13 Å². The van der Waals surface area contributed by atoms with E-state index >= 15 is 0 Å². The topological polar surface area (TPSA) is 139 Å². The van der Waals surface area contributed by atoms with Gasteiger partial charge >= 0.3 is 5.97 Å². The molecule has 0 spiro atoms. The van der Waals surface area contributed by atoms with E-state index in [2.05, 4.69) is 15.5 Å². The quantitative estimate of drug-likeness (QED) is 0.239. The van der Waals surface area contributed by atoms with Gasteiger partial charge in [0, 0.05) is 12.0 Å². The van der Waals surface area contributed by atoms with Crippen molar-refractivity contribution >= 4 is 40.1 Å². The zero-order valence-corrected chi connectivity index (χ0v) is 20.6. The molecule has 0 saturated heterocycles. The van der Waals surface area contributed by atoms with Gasteiger partial charge in [-0.3, -0.25) is 9.59 Å². The van der Waals surface area contributed by atoms with Crippen LogP contribution in [-0.4, -0.2) is 43.4 Å². The van der Waals surface area contributed by atoms with Crippen molar-refractivity contribution < 1.29 is 33.0 Å². The number of methoxy groups -OCH3 is 3. The normalized spacial score (nSPS) is 12.7. The third-order valence-corrected chi connectivity index (χ3v) is 6.87. The van der Waals surface area contributed by atoms with Gasteiger partial charge in [-0.1, -0.05) is 23.1 Å². The molecule has 11 nitrogen and oxygen atoms in total. The summed E-state index contributed by atoms with van der Waals surface area (Å²) < 4.78 is 27.0. The number of esters is 1. The van der Waals surface area contributed by atoms with E-state index < -0.39 is 11.4 Å². The number of carbonyl (C=O) groups is 2. The number of thioether (sulfide) groups is 1. The average molecular weight is 520 g/mol. The van der Waals surface area contributed by atoms with Crippen molar-refractivity contribution in [3.05, 3.63) is 46.0 Å². The van der Waals surface area contributed by atoms with Crippen molar-refractivity contribution in [2.45, 2.75) is 22.9 Å². The number of hydrogen-bond donors (Lipinski definition) is 1. The first kappa shape index (κ1) is 24.5. The lowest BCUT2D eigenvalue weighted by atomic mass is 10.2. The predicted molar refractivity (Wildman–Crippen MR) is 127 cm³/mol. The minimum atomic E-state index is -0.798. The molecule has 1 aliphatic rings. The maximum absolute atomic E-state index is 12.6. The van der Waals surface area contributed by atoms with Crippen LogP contribution >= 0.6 is 23.1 Å². The highest BCUT2D eigenvalue weighted by atomic mass is 32.2. The van der Waals surface area contributed by atoms with Gasteiger partial charge in [0.05, 0.1) is 32.6 Å². The third-order valence-electron chi connectivity index (χ3n) is 4.88.